The van der Waals surface area contributed by atoms with E-state index in [2.05, 4.69) is 32.8 Å². The van der Waals surface area contributed by atoms with Crippen molar-refractivity contribution in [2.45, 2.75) is 12.5 Å². The predicted molar refractivity (Wildman–Crippen MR) is 83.8 cm³/mol. The lowest BCUT2D eigenvalue weighted by atomic mass is 10.2. The van der Waals surface area contributed by atoms with Gasteiger partial charge in [-0.05, 0) is 46.3 Å². The van der Waals surface area contributed by atoms with Gasteiger partial charge < -0.3 is 4.74 Å². The van der Waals surface area contributed by atoms with Crippen molar-refractivity contribution in [3.05, 3.63) is 50.1 Å². The molecule has 0 bridgehead atoms. The second-order valence-electron chi connectivity index (χ2n) is 4.06. The fraction of sp³-hybridized carbons (Fsp3) is 0.231. The highest BCUT2D eigenvalue weighted by atomic mass is 79.9. The monoisotopic (exact) mass is 360 g/mol. The zero-order valence-corrected chi connectivity index (χ0v) is 13.3. The topological polar surface area (TPSA) is 47.3 Å². The molecule has 2 rings (SSSR count). The zero-order valence-electron chi connectivity index (χ0n) is 10.1. The van der Waals surface area contributed by atoms with Crippen molar-refractivity contribution < 1.29 is 4.74 Å². The van der Waals surface area contributed by atoms with Crippen molar-refractivity contribution in [1.82, 2.24) is 5.43 Å². The molecular formula is C13H14BrClN2OS. The van der Waals surface area contributed by atoms with Crippen LogP contribution in [-0.2, 0) is 6.42 Å². The number of nitrogens with one attached hydrogen (secondary N) is 1. The van der Waals surface area contributed by atoms with Crippen molar-refractivity contribution in [1.29, 1.82) is 0 Å². The summed E-state index contributed by atoms with van der Waals surface area (Å²) >= 11 is 11.0. The minimum Gasteiger partial charge on any atom is -0.492 e. The summed E-state index contributed by atoms with van der Waals surface area (Å²) in [7, 11) is 0. The summed E-state index contributed by atoms with van der Waals surface area (Å²) in [5.74, 6) is 6.35. The second-order valence-corrected chi connectivity index (χ2v) is 6.41. The standard InChI is InChI=1S/C13H14BrClN2OS/c14-9-5-13(19-8-9)6-11(17-16)7-18-12-3-1-10(15)2-4-12/h1-5,8,11,17H,6-7,16H2. The molecule has 3 N–H and O–H groups in total. The first kappa shape index (κ1) is 14.8. The molecule has 0 saturated heterocycles. The molecule has 2 aromatic rings. The Morgan fingerprint density at radius 3 is 2.68 bits per heavy atom. The number of hydrogen-bond donors (Lipinski definition) is 2. The van der Waals surface area contributed by atoms with E-state index >= 15 is 0 Å². The number of halogens is 2. The molecule has 1 unspecified atom stereocenters. The molecule has 3 nitrogen and oxygen atoms in total. The zero-order chi connectivity index (χ0) is 13.7. The highest BCUT2D eigenvalue weighted by Gasteiger charge is 2.10. The van der Waals surface area contributed by atoms with Crippen LogP contribution in [0.1, 0.15) is 4.88 Å². The van der Waals surface area contributed by atoms with E-state index in [9.17, 15) is 0 Å². The van der Waals surface area contributed by atoms with Crippen molar-refractivity contribution in [3.63, 3.8) is 0 Å². The number of hydrazine groups is 1. The van der Waals surface area contributed by atoms with Crippen molar-refractivity contribution >= 4 is 38.9 Å². The van der Waals surface area contributed by atoms with Gasteiger partial charge in [-0.15, -0.1) is 11.3 Å². The maximum Gasteiger partial charge on any atom is 0.119 e. The van der Waals surface area contributed by atoms with Crippen LogP contribution in [0, 0.1) is 0 Å². The van der Waals surface area contributed by atoms with Gasteiger partial charge in [0.1, 0.15) is 12.4 Å². The van der Waals surface area contributed by atoms with Gasteiger partial charge in [0.05, 0.1) is 6.04 Å². The van der Waals surface area contributed by atoms with E-state index in [-0.39, 0.29) is 6.04 Å². The lowest BCUT2D eigenvalue weighted by molar-refractivity contribution is 0.265. The first-order valence-corrected chi connectivity index (χ1v) is 7.80. The lowest BCUT2D eigenvalue weighted by Gasteiger charge is -2.16. The molecule has 0 aliphatic heterocycles. The van der Waals surface area contributed by atoms with Gasteiger partial charge in [-0.2, -0.15) is 0 Å². The normalized spacial score (nSPS) is 12.4. The van der Waals surface area contributed by atoms with E-state index in [0.29, 0.717) is 11.6 Å². The van der Waals surface area contributed by atoms with Gasteiger partial charge in [-0.3, -0.25) is 11.3 Å². The van der Waals surface area contributed by atoms with Gasteiger partial charge >= 0.3 is 0 Å². The summed E-state index contributed by atoms with van der Waals surface area (Å²) in [6.45, 7) is 0.508. The highest BCUT2D eigenvalue weighted by molar-refractivity contribution is 9.10. The molecule has 19 heavy (non-hydrogen) atoms. The maximum absolute atomic E-state index is 5.82. The van der Waals surface area contributed by atoms with Gasteiger partial charge in [0, 0.05) is 26.2 Å². The number of rotatable bonds is 6. The van der Waals surface area contributed by atoms with Crippen LogP contribution in [0.15, 0.2) is 40.2 Å². The van der Waals surface area contributed by atoms with Crippen molar-refractivity contribution in [2.24, 2.45) is 5.84 Å². The molecular weight excluding hydrogens is 348 g/mol. The Morgan fingerprint density at radius 1 is 1.37 bits per heavy atom. The Kier molecular flexibility index (Phi) is 5.66. The smallest absolute Gasteiger partial charge is 0.119 e. The molecule has 0 spiro atoms. The largest absolute Gasteiger partial charge is 0.492 e. The van der Waals surface area contributed by atoms with Crippen LogP contribution in [0.2, 0.25) is 5.02 Å². The number of hydrogen-bond acceptors (Lipinski definition) is 4. The minimum atomic E-state index is 0.0706. The van der Waals surface area contributed by atoms with E-state index < -0.39 is 0 Å². The Hall–Kier alpha value is -0.590. The average molecular weight is 362 g/mol. The van der Waals surface area contributed by atoms with Crippen LogP contribution in [-0.4, -0.2) is 12.6 Å². The Morgan fingerprint density at radius 2 is 2.11 bits per heavy atom. The van der Waals surface area contributed by atoms with Crippen LogP contribution in [0.5, 0.6) is 5.75 Å². The molecule has 1 heterocycles. The Bertz CT molecular complexity index is 518. The van der Waals surface area contributed by atoms with E-state index in [1.807, 2.05) is 12.1 Å². The van der Waals surface area contributed by atoms with Gasteiger partial charge in [-0.25, -0.2) is 0 Å². The first-order valence-electron chi connectivity index (χ1n) is 5.75. The average Bonchev–Trinajstić information content (AvgIpc) is 2.82. The molecule has 0 saturated carbocycles. The maximum atomic E-state index is 5.82. The van der Waals surface area contributed by atoms with Crippen molar-refractivity contribution in [3.8, 4) is 5.75 Å². The van der Waals surface area contributed by atoms with Gasteiger partial charge in [0.15, 0.2) is 0 Å². The van der Waals surface area contributed by atoms with Crippen LogP contribution in [0.4, 0.5) is 0 Å². The third kappa shape index (κ3) is 4.78. The van der Waals surface area contributed by atoms with E-state index in [0.717, 1.165) is 16.6 Å². The molecule has 0 amide bonds. The van der Waals surface area contributed by atoms with Crippen LogP contribution >= 0.6 is 38.9 Å². The third-order valence-corrected chi connectivity index (χ3v) is 4.54. The molecule has 1 aromatic heterocycles. The minimum absolute atomic E-state index is 0.0706. The predicted octanol–water partition coefficient (Wildman–Crippen LogP) is 3.62. The fourth-order valence-electron chi connectivity index (χ4n) is 1.60. The molecule has 0 aliphatic carbocycles. The Balaban J connectivity index is 1.87. The van der Waals surface area contributed by atoms with E-state index in [4.69, 9.17) is 22.2 Å². The summed E-state index contributed by atoms with van der Waals surface area (Å²) < 4.78 is 6.78. The van der Waals surface area contributed by atoms with Gasteiger partial charge in [0.25, 0.3) is 0 Å². The summed E-state index contributed by atoms with van der Waals surface area (Å²) in [6, 6.07) is 9.46. The highest BCUT2D eigenvalue weighted by Crippen LogP contribution is 2.21. The number of benzene rings is 1. The van der Waals surface area contributed by atoms with Crippen molar-refractivity contribution in [2.75, 3.05) is 6.61 Å². The van der Waals surface area contributed by atoms with Crippen LogP contribution < -0.4 is 16.0 Å². The summed E-state index contributed by atoms with van der Waals surface area (Å²) in [5, 5.41) is 2.76. The molecule has 0 fully saturated rings. The van der Waals surface area contributed by atoms with Crippen LogP contribution in [0.25, 0.3) is 0 Å². The van der Waals surface area contributed by atoms with Gasteiger partial charge in [-0.1, -0.05) is 11.6 Å². The Labute approximate surface area is 129 Å². The summed E-state index contributed by atoms with van der Waals surface area (Å²) in [6.07, 6.45) is 0.834. The number of nitrogens with two attached hydrogens (primary N) is 1. The molecule has 6 heteroatoms. The first-order chi connectivity index (χ1) is 9.17. The lowest BCUT2D eigenvalue weighted by Crippen LogP contribution is -2.41. The van der Waals surface area contributed by atoms with E-state index in [1.54, 1.807) is 23.5 Å². The molecule has 0 radical (unpaired) electrons. The molecule has 0 aliphatic rings. The summed E-state index contributed by atoms with van der Waals surface area (Å²) in [4.78, 5) is 1.26. The third-order valence-electron chi connectivity index (χ3n) is 2.57. The number of ether oxygens (including phenoxy) is 1. The van der Waals surface area contributed by atoms with Gasteiger partial charge in [0.2, 0.25) is 0 Å². The SMILES string of the molecule is NNC(COc1ccc(Cl)cc1)Cc1cc(Br)cs1. The molecule has 102 valence electrons. The number of thiophene rings is 1. The molecule has 1 aromatic carbocycles. The summed E-state index contributed by atoms with van der Waals surface area (Å²) in [5.41, 5.74) is 2.78. The molecule has 1 atom stereocenters. The van der Waals surface area contributed by atoms with Crippen LogP contribution in [0.3, 0.4) is 0 Å². The quantitative estimate of drug-likeness (QED) is 0.610. The second kappa shape index (κ2) is 7.26. The fourth-order valence-corrected chi connectivity index (χ4v) is 3.26. The van der Waals surface area contributed by atoms with E-state index in [1.165, 1.54) is 4.88 Å².